The SMILES string of the molecule is CCNC(=NCC(C)Cn1cccn1)NCCNC(=O)C1CC1.I. The third kappa shape index (κ3) is 7.98. The molecular formula is C16H29IN6O. The van der Waals surface area contributed by atoms with Gasteiger partial charge in [-0.3, -0.25) is 14.5 Å². The number of carbonyl (C=O) groups is 1. The molecule has 8 heteroatoms. The van der Waals surface area contributed by atoms with Crippen molar-refractivity contribution in [1.82, 2.24) is 25.7 Å². The largest absolute Gasteiger partial charge is 0.357 e. The Morgan fingerprint density at radius 1 is 1.33 bits per heavy atom. The number of guanidine groups is 1. The summed E-state index contributed by atoms with van der Waals surface area (Å²) in [5, 5.41) is 13.6. The van der Waals surface area contributed by atoms with Crippen LogP contribution >= 0.6 is 24.0 Å². The number of nitrogens with one attached hydrogen (secondary N) is 3. The van der Waals surface area contributed by atoms with E-state index >= 15 is 0 Å². The fourth-order valence-corrected chi connectivity index (χ4v) is 2.23. The van der Waals surface area contributed by atoms with Crippen molar-refractivity contribution in [2.75, 3.05) is 26.2 Å². The van der Waals surface area contributed by atoms with E-state index in [9.17, 15) is 4.79 Å². The van der Waals surface area contributed by atoms with Crippen molar-refractivity contribution in [3.05, 3.63) is 18.5 Å². The van der Waals surface area contributed by atoms with Crippen LogP contribution in [0, 0.1) is 11.8 Å². The summed E-state index contributed by atoms with van der Waals surface area (Å²) in [6.45, 7) is 7.90. The molecule has 3 N–H and O–H groups in total. The number of halogens is 1. The molecule has 1 aromatic rings. The molecule has 1 unspecified atom stereocenters. The van der Waals surface area contributed by atoms with Gasteiger partial charge in [-0.15, -0.1) is 24.0 Å². The van der Waals surface area contributed by atoms with E-state index < -0.39 is 0 Å². The van der Waals surface area contributed by atoms with Crippen molar-refractivity contribution in [1.29, 1.82) is 0 Å². The smallest absolute Gasteiger partial charge is 0.223 e. The molecule has 24 heavy (non-hydrogen) atoms. The summed E-state index contributed by atoms with van der Waals surface area (Å²) in [5.74, 6) is 1.64. The van der Waals surface area contributed by atoms with E-state index in [1.165, 1.54) is 0 Å². The Bertz CT molecular complexity index is 501. The first-order valence-corrected chi connectivity index (χ1v) is 8.46. The van der Waals surface area contributed by atoms with Crippen LogP contribution < -0.4 is 16.0 Å². The highest BCUT2D eigenvalue weighted by atomic mass is 127. The number of rotatable bonds is 9. The minimum absolute atomic E-state index is 0. The molecule has 0 aliphatic heterocycles. The molecule has 1 fully saturated rings. The Labute approximate surface area is 161 Å². The van der Waals surface area contributed by atoms with E-state index in [0.717, 1.165) is 38.4 Å². The summed E-state index contributed by atoms with van der Waals surface area (Å²) >= 11 is 0. The summed E-state index contributed by atoms with van der Waals surface area (Å²) in [6.07, 6.45) is 5.83. The summed E-state index contributed by atoms with van der Waals surface area (Å²) in [6, 6.07) is 1.93. The summed E-state index contributed by atoms with van der Waals surface area (Å²) in [7, 11) is 0. The van der Waals surface area contributed by atoms with Gasteiger partial charge >= 0.3 is 0 Å². The Hall–Kier alpha value is -1.32. The van der Waals surface area contributed by atoms with Gasteiger partial charge in [0.1, 0.15) is 0 Å². The van der Waals surface area contributed by atoms with Crippen LogP contribution in [0.4, 0.5) is 0 Å². The lowest BCUT2D eigenvalue weighted by atomic mass is 10.2. The molecule has 1 aromatic heterocycles. The first-order valence-electron chi connectivity index (χ1n) is 8.46. The number of aliphatic imine (C=N–C) groups is 1. The van der Waals surface area contributed by atoms with E-state index in [1.54, 1.807) is 6.20 Å². The van der Waals surface area contributed by atoms with Crippen LogP contribution in [0.15, 0.2) is 23.5 Å². The summed E-state index contributed by atoms with van der Waals surface area (Å²) in [5.41, 5.74) is 0. The van der Waals surface area contributed by atoms with E-state index in [4.69, 9.17) is 0 Å². The van der Waals surface area contributed by atoms with Gasteiger partial charge in [0.05, 0.1) is 0 Å². The molecule has 1 amide bonds. The van der Waals surface area contributed by atoms with Crippen molar-refractivity contribution in [2.45, 2.75) is 33.2 Å². The Morgan fingerprint density at radius 3 is 2.71 bits per heavy atom. The number of carbonyl (C=O) groups excluding carboxylic acids is 1. The van der Waals surface area contributed by atoms with Crippen LogP contribution in [-0.4, -0.2) is 47.8 Å². The molecular weight excluding hydrogens is 419 g/mol. The van der Waals surface area contributed by atoms with Crippen LogP contribution in [0.25, 0.3) is 0 Å². The number of hydrogen-bond acceptors (Lipinski definition) is 3. The lowest BCUT2D eigenvalue weighted by Crippen LogP contribution is -2.42. The maximum absolute atomic E-state index is 11.5. The summed E-state index contributed by atoms with van der Waals surface area (Å²) in [4.78, 5) is 16.1. The maximum Gasteiger partial charge on any atom is 0.223 e. The van der Waals surface area contributed by atoms with Gasteiger partial charge in [-0.25, -0.2) is 0 Å². The van der Waals surface area contributed by atoms with E-state index in [-0.39, 0.29) is 35.8 Å². The lowest BCUT2D eigenvalue weighted by molar-refractivity contribution is -0.122. The normalized spacial score (nSPS) is 15.3. The highest BCUT2D eigenvalue weighted by Crippen LogP contribution is 2.28. The van der Waals surface area contributed by atoms with Gasteiger partial charge in [0.2, 0.25) is 5.91 Å². The molecule has 136 valence electrons. The van der Waals surface area contributed by atoms with Crippen molar-refractivity contribution in [3.63, 3.8) is 0 Å². The Balaban J connectivity index is 0.00000288. The van der Waals surface area contributed by atoms with Crippen molar-refractivity contribution >= 4 is 35.8 Å². The van der Waals surface area contributed by atoms with Gasteiger partial charge in [0.15, 0.2) is 5.96 Å². The fraction of sp³-hybridized carbons (Fsp3) is 0.688. The predicted molar refractivity (Wildman–Crippen MR) is 107 cm³/mol. The lowest BCUT2D eigenvalue weighted by Gasteiger charge is -2.14. The van der Waals surface area contributed by atoms with Crippen molar-refractivity contribution in [2.24, 2.45) is 16.8 Å². The quantitative estimate of drug-likeness (QED) is 0.230. The van der Waals surface area contributed by atoms with Crippen molar-refractivity contribution in [3.8, 4) is 0 Å². The van der Waals surface area contributed by atoms with Gasteiger partial charge < -0.3 is 16.0 Å². The van der Waals surface area contributed by atoms with Gasteiger partial charge in [-0.05, 0) is 31.7 Å². The minimum Gasteiger partial charge on any atom is -0.357 e. The van der Waals surface area contributed by atoms with Crippen LogP contribution in [0.5, 0.6) is 0 Å². The number of hydrogen-bond donors (Lipinski definition) is 3. The van der Waals surface area contributed by atoms with Gasteiger partial charge in [0, 0.05) is 51.0 Å². The maximum atomic E-state index is 11.5. The van der Waals surface area contributed by atoms with Crippen LogP contribution in [0.3, 0.4) is 0 Å². The third-order valence-electron chi connectivity index (χ3n) is 3.63. The molecule has 1 aliphatic carbocycles. The summed E-state index contributed by atoms with van der Waals surface area (Å²) < 4.78 is 1.92. The predicted octanol–water partition coefficient (Wildman–Crippen LogP) is 1.22. The average molecular weight is 448 g/mol. The zero-order valence-electron chi connectivity index (χ0n) is 14.5. The topological polar surface area (TPSA) is 83.3 Å². The molecule has 0 spiro atoms. The standard InChI is InChI=1S/C16H28N6O.HI/c1-3-17-16(19-9-8-18-15(23)14-5-6-14)20-11-13(2)12-22-10-4-7-21-22;/h4,7,10,13-14H,3,5-6,8-9,11-12H2,1-2H3,(H,18,23)(H2,17,19,20);1H. The molecule has 0 bridgehead atoms. The highest BCUT2D eigenvalue weighted by molar-refractivity contribution is 14.0. The molecule has 7 nitrogen and oxygen atoms in total. The molecule has 1 saturated carbocycles. The molecule has 0 aromatic carbocycles. The number of aromatic nitrogens is 2. The minimum atomic E-state index is 0. The second-order valence-electron chi connectivity index (χ2n) is 6.04. The monoisotopic (exact) mass is 448 g/mol. The third-order valence-corrected chi connectivity index (χ3v) is 3.63. The Morgan fingerprint density at radius 2 is 2.08 bits per heavy atom. The van der Waals surface area contributed by atoms with E-state index in [1.807, 2.05) is 23.9 Å². The van der Waals surface area contributed by atoms with E-state index in [2.05, 4.69) is 33.0 Å². The number of amides is 1. The molecule has 0 radical (unpaired) electrons. The van der Waals surface area contributed by atoms with Crippen LogP contribution in [-0.2, 0) is 11.3 Å². The second kappa shape index (κ2) is 11.3. The number of nitrogens with zero attached hydrogens (tertiary/aromatic N) is 3. The van der Waals surface area contributed by atoms with Crippen molar-refractivity contribution < 1.29 is 4.79 Å². The zero-order valence-corrected chi connectivity index (χ0v) is 16.8. The molecule has 1 atom stereocenters. The first-order chi connectivity index (χ1) is 11.2. The molecule has 1 aliphatic rings. The van der Waals surface area contributed by atoms with Crippen LogP contribution in [0.2, 0.25) is 0 Å². The van der Waals surface area contributed by atoms with Gasteiger partial charge in [-0.1, -0.05) is 6.92 Å². The van der Waals surface area contributed by atoms with Gasteiger partial charge in [0.25, 0.3) is 0 Å². The van der Waals surface area contributed by atoms with Gasteiger partial charge in [-0.2, -0.15) is 5.10 Å². The van der Waals surface area contributed by atoms with E-state index in [0.29, 0.717) is 19.0 Å². The molecule has 2 rings (SSSR count). The second-order valence-corrected chi connectivity index (χ2v) is 6.04. The zero-order chi connectivity index (χ0) is 16.5. The fourth-order valence-electron chi connectivity index (χ4n) is 2.23. The first kappa shape index (κ1) is 20.7. The van der Waals surface area contributed by atoms with Crippen LogP contribution in [0.1, 0.15) is 26.7 Å². The Kier molecular flexibility index (Phi) is 9.73. The molecule has 1 heterocycles. The highest BCUT2D eigenvalue weighted by Gasteiger charge is 2.28. The average Bonchev–Trinajstić information content (AvgIpc) is 3.27. The molecule has 0 saturated heterocycles.